The molecule has 0 heterocycles. The van der Waals surface area contributed by atoms with Gasteiger partial charge in [-0.25, -0.2) is 0 Å². The van der Waals surface area contributed by atoms with Crippen molar-refractivity contribution in [2.45, 2.75) is 66.3 Å². The molecule has 0 radical (unpaired) electrons. The summed E-state index contributed by atoms with van der Waals surface area (Å²) in [6.45, 7) is 12.2. The SMILES string of the molecule is CC(S)NC(C(=O)O)C(C)(C)CC(C)(C)C(=O)NNC(=O)C(C)C. The lowest BCUT2D eigenvalue weighted by Gasteiger charge is -2.38. The van der Waals surface area contributed by atoms with Crippen molar-refractivity contribution in [2.24, 2.45) is 16.7 Å². The minimum Gasteiger partial charge on any atom is -0.480 e. The van der Waals surface area contributed by atoms with E-state index in [4.69, 9.17) is 0 Å². The second kappa shape index (κ2) is 8.71. The fraction of sp³-hybridized carbons (Fsp3) is 0.812. The maximum atomic E-state index is 12.4. The lowest BCUT2D eigenvalue weighted by molar-refractivity contribution is -0.145. The molecule has 0 aromatic heterocycles. The van der Waals surface area contributed by atoms with Gasteiger partial charge >= 0.3 is 5.97 Å². The minimum absolute atomic E-state index is 0.248. The van der Waals surface area contributed by atoms with Gasteiger partial charge < -0.3 is 5.11 Å². The van der Waals surface area contributed by atoms with Crippen molar-refractivity contribution in [1.29, 1.82) is 0 Å². The number of carbonyl (C=O) groups is 3. The molecular formula is C16H31N3O4S. The van der Waals surface area contributed by atoms with Crippen molar-refractivity contribution >= 4 is 30.4 Å². The average molecular weight is 362 g/mol. The molecule has 0 spiro atoms. The average Bonchev–Trinajstić information content (AvgIpc) is 2.39. The van der Waals surface area contributed by atoms with Gasteiger partial charge in [0.1, 0.15) is 6.04 Å². The van der Waals surface area contributed by atoms with Crippen molar-refractivity contribution in [3.63, 3.8) is 0 Å². The van der Waals surface area contributed by atoms with Crippen LogP contribution in [-0.4, -0.2) is 34.3 Å². The normalized spacial score (nSPS) is 14.9. The summed E-state index contributed by atoms with van der Waals surface area (Å²) in [5.41, 5.74) is 3.20. The van der Waals surface area contributed by atoms with Crippen LogP contribution < -0.4 is 16.2 Å². The first-order valence-corrected chi connectivity index (χ1v) is 8.49. The zero-order valence-corrected chi connectivity index (χ0v) is 16.5. The fourth-order valence-corrected chi connectivity index (χ4v) is 2.77. The molecule has 2 atom stereocenters. The van der Waals surface area contributed by atoms with Crippen LogP contribution in [0.15, 0.2) is 0 Å². The maximum Gasteiger partial charge on any atom is 0.321 e. The van der Waals surface area contributed by atoms with Gasteiger partial charge in [-0.15, -0.1) is 0 Å². The molecule has 0 aromatic rings. The highest BCUT2D eigenvalue weighted by Crippen LogP contribution is 2.36. The molecular weight excluding hydrogens is 330 g/mol. The Morgan fingerprint density at radius 2 is 1.54 bits per heavy atom. The Labute approximate surface area is 149 Å². The summed E-state index contributed by atoms with van der Waals surface area (Å²) in [4.78, 5) is 35.5. The standard InChI is InChI=1S/C16H31N3O4S/c1-9(2)12(20)18-19-14(23)16(6,7)8-15(4,5)11(13(21)22)17-10(3)24/h9-11,17,24H,8H2,1-7H3,(H,18,20)(H,19,23)(H,21,22). The van der Waals surface area contributed by atoms with Crippen molar-refractivity contribution in [2.75, 3.05) is 0 Å². The Balaban J connectivity index is 5.05. The molecule has 0 aliphatic heterocycles. The number of hydrogen-bond acceptors (Lipinski definition) is 5. The lowest BCUT2D eigenvalue weighted by Crippen LogP contribution is -2.54. The number of carbonyl (C=O) groups excluding carboxylic acids is 2. The molecule has 0 aliphatic rings. The second-order valence-electron chi connectivity index (χ2n) is 7.76. The monoisotopic (exact) mass is 361 g/mol. The van der Waals surface area contributed by atoms with Gasteiger partial charge in [0.25, 0.3) is 0 Å². The van der Waals surface area contributed by atoms with Crippen LogP contribution in [0.1, 0.15) is 54.9 Å². The predicted molar refractivity (Wildman–Crippen MR) is 96.3 cm³/mol. The van der Waals surface area contributed by atoms with Crippen LogP contribution in [0.4, 0.5) is 0 Å². The molecule has 0 saturated carbocycles. The molecule has 0 bridgehead atoms. The number of hydrazine groups is 1. The third-order valence-corrected chi connectivity index (χ3v) is 3.92. The summed E-state index contributed by atoms with van der Waals surface area (Å²) in [6.07, 6.45) is 0.299. The summed E-state index contributed by atoms with van der Waals surface area (Å²) in [7, 11) is 0. The highest BCUT2D eigenvalue weighted by Gasteiger charge is 2.42. The minimum atomic E-state index is -0.995. The van der Waals surface area contributed by atoms with E-state index >= 15 is 0 Å². The van der Waals surface area contributed by atoms with Crippen LogP contribution in [0.2, 0.25) is 0 Å². The van der Waals surface area contributed by atoms with E-state index in [2.05, 4.69) is 28.8 Å². The number of amides is 2. The van der Waals surface area contributed by atoms with E-state index in [-0.39, 0.29) is 23.1 Å². The molecule has 0 saturated heterocycles. The topological polar surface area (TPSA) is 108 Å². The molecule has 2 unspecified atom stereocenters. The molecule has 24 heavy (non-hydrogen) atoms. The van der Waals surface area contributed by atoms with Crippen LogP contribution in [-0.2, 0) is 14.4 Å². The summed E-state index contributed by atoms with van der Waals surface area (Å²) in [6, 6.07) is -0.859. The van der Waals surface area contributed by atoms with E-state index in [9.17, 15) is 19.5 Å². The Kier molecular flexibility index (Phi) is 8.25. The molecule has 0 fully saturated rings. The van der Waals surface area contributed by atoms with Gasteiger partial charge in [0, 0.05) is 16.7 Å². The summed E-state index contributed by atoms with van der Waals surface area (Å²) < 4.78 is 0. The van der Waals surface area contributed by atoms with E-state index in [1.165, 1.54) is 0 Å². The lowest BCUT2D eigenvalue weighted by atomic mass is 9.70. The van der Waals surface area contributed by atoms with Gasteiger partial charge in [-0.05, 0) is 18.8 Å². The van der Waals surface area contributed by atoms with Gasteiger partial charge in [-0.2, -0.15) is 12.6 Å². The summed E-state index contributed by atoms with van der Waals surface area (Å²) in [5, 5.41) is 12.1. The maximum absolute atomic E-state index is 12.4. The molecule has 4 N–H and O–H groups in total. The highest BCUT2D eigenvalue weighted by molar-refractivity contribution is 7.80. The van der Waals surface area contributed by atoms with Crippen molar-refractivity contribution in [1.82, 2.24) is 16.2 Å². The van der Waals surface area contributed by atoms with Gasteiger partial charge in [0.15, 0.2) is 0 Å². The summed E-state index contributed by atoms with van der Waals surface area (Å²) in [5.74, 6) is -1.90. The molecule has 140 valence electrons. The first-order valence-electron chi connectivity index (χ1n) is 7.98. The van der Waals surface area contributed by atoms with Crippen LogP contribution >= 0.6 is 12.6 Å². The second-order valence-corrected chi connectivity index (χ2v) is 8.54. The van der Waals surface area contributed by atoms with E-state index in [0.29, 0.717) is 6.42 Å². The van der Waals surface area contributed by atoms with Gasteiger partial charge in [0.05, 0.1) is 0 Å². The third-order valence-electron chi connectivity index (χ3n) is 3.77. The van der Waals surface area contributed by atoms with Gasteiger partial charge in [0.2, 0.25) is 11.8 Å². The van der Waals surface area contributed by atoms with Crippen LogP contribution in [0.3, 0.4) is 0 Å². The number of nitrogens with one attached hydrogen (secondary N) is 3. The number of hydrogen-bond donors (Lipinski definition) is 5. The van der Waals surface area contributed by atoms with Crippen molar-refractivity contribution in [3.05, 3.63) is 0 Å². The number of carboxylic acid groups (broad SMARTS) is 1. The van der Waals surface area contributed by atoms with E-state index < -0.39 is 22.8 Å². The molecule has 2 amide bonds. The zero-order valence-electron chi connectivity index (χ0n) is 15.6. The Morgan fingerprint density at radius 1 is 1.04 bits per heavy atom. The third kappa shape index (κ3) is 7.09. The molecule has 0 aliphatic carbocycles. The zero-order chi connectivity index (χ0) is 19.3. The first-order chi connectivity index (χ1) is 10.7. The van der Waals surface area contributed by atoms with Crippen LogP contribution in [0, 0.1) is 16.7 Å². The van der Waals surface area contributed by atoms with E-state index in [1.54, 1.807) is 48.5 Å². The number of thiol groups is 1. The number of aliphatic carboxylic acids is 1. The quantitative estimate of drug-likeness (QED) is 0.256. The molecule has 7 nitrogen and oxygen atoms in total. The highest BCUT2D eigenvalue weighted by atomic mass is 32.1. The Hall–Kier alpha value is -1.28. The molecule has 0 rings (SSSR count). The van der Waals surface area contributed by atoms with E-state index in [1.807, 2.05) is 0 Å². The fourth-order valence-electron chi connectivity index (χ4n) is 2.63. The van der Waals surface area contributed by atoms with Crippen LogP contribution in [0.5, 0.6) is 0 Å². The number of rotatable bonds is 8. The molecule has 0 aromatic carbocycles. The van der Waals surface area contributed by atoms with Crippen LogP contribution in [0.25, 0.3) is 0 Å². The number of carboxylic acids is 1. The van der Waals surface area contributed by atoms with Crippen molar-refractivity contribution in [3.8, 4) is 0 Å². The molecule has 8 heteroatoms. The summed E-state index contributed by atoms with van der Waals surface area (Å²) >= 11 is 4.19. The Morgan fingerprint density at radius 3 is 1.92 bits per heavy atom. The Bertz CT molecular complexity index is 476. The predicted octanol–water partition coefficient (Wildman–Crippen LogP) is 1.55. The largest absolute Gasteiger partial charge is 0.480 e. The smallest absolute Gasteiger partial charge is 0.321 e. The van der Waals surface area contributed by atoms with Gasteiger partial charge in [-0.1, -0.05) is 41.5 Å². The first kappa shape index (κ1) is 22.7. The van der Waals surface area contributed by atoms with Gasteiger partial charge in [-0.3, -0.25) is 30.6 Å². The van der Waals surface area contributed by atoms with Crippen molar-refractivity contribution < 1.29 is 19.5 Å². The van der Waals surface area contributed by atoms with E-state index in [0.717, 1.165) is 0 Å².